The van der Waals surface area contributed by atoms with Crippen molar-refractivity contribution in [2.24, 2.45) is 0 Å². The Morgan fingerprint density at radius 2 is 1.50 bits per heavy atom. The highest BCUT2D eigenvalue weighted by Gasteiger charge is 2.34. The maximum atomic E-state index is 13.9. The van der Waals surface area contributed by atoms with Crippen LogP contribution in [0.3, 0.4) is 0 Å². The van der Waals surface area contributed by atoms with Gasteiger partial charge in [-0.3, -0.25) is 13.9 Å². The number of rotatable bonds is 11. The van der Waals surface area contributed by atoms with Crippen molar-refractivity contribution in [3.63, 3.8) is 0 Å². The molecule has 1 atom stereocenters. The third kappa shape index (κ3) is 6.80. The Balaban J connectivity index is 2.11. The van der Waals surface area contributed by atoms with Crippen molar-refractivity contribution in [2.75, 3.05) is 17.4 Å². The van der Waals surface area contributed by atoms with E-state index in [0.29, 0.717) is 23.6 Å². The number of anilines is 1. The summed E-state index contributed by atoms with van der Waals surface area (Å²) in [7, 11) is -4.25. The zero-order chi connectivity index (χ0) is 27.9. The summed E-state index contributed by atoms with van der Waals surface area (Å²) in [5.74, 6) is -0.966. The van der Waals surface area contributed by atoms with Crippen LogP contribution in [-0.2, 0) is 26.2 Å². The fourth-order valence-electron chi connectivity index (χ4n) is 3.94. The molecule has 0 radical (unpaired) electrons. The molecule has 0 aliphatic rings. The van der Waals surface area contributed by atoms with Crippen LogP contribution >= 0.6 is 34.8 Å². The van der Waals surface area contributed by atoms with Gasteiger partial charge in [0.05, 0.1) is 20.6 Å². The number of benzene rings is 3. The minimum absolute atomic E-state index is 0.00332. The third-order valence-corrected chi connectivity index (χ3v) is 8.80. The smallest absolute Gasteiger partial charge is 0.264 e. The Labute approximate surface area is 238 Å². The van der Waals surface area contributed by atoms with Gasteiger partial charge in [-0.15, -0.1) is 0 Å². The maximum Gasteiger partial charge on any atom is 0.264 e. The summed E-state index contributed by atoms with van der Waals surface area (Å²) in [6.45, 7) is 3.30. The lowest BCUT2D eigenvalue weighted by atomic mass is 10.1. The van der Waals surface area contributed by atoms with Crippen LogP contribution in [-0.4, -0.2) is 44.3 Å². The van der Waals surface area contributed by atoms with Crippen LogP contribution in [0.1, 0.15) is 25.8 Å². The standard InChI is InChI=1S/C27H28Cl3N3O4S/c1-3-23(27(35)31-4-2)32(17-19-11-8-9-14-21(19)28)25(34)18-33(24-16-10-15-22(29)26(24)30)38(36,37)20-12-6-5-7-13-20/h5-16,23H,3-4,17-18H2,1-2H3,(H,31,35)/t23-/m0/s1. The minimum Gasteiger partial charge on any atom is -0.355 e. The first-order chi connectivity index (χ1) is 18.1. The second-order valence-corrected chi connectivity index (χ2v) is 11.4. The van der Waals surface area contributed by atoms with Gasteiger partial charge < -0.3 is 10.2 Å². The first-order valence-corrected chi connectivity index (χ1v) is 14.5. The van der Waals surface area contributed by atoms with Gasteiger partial charge >= 0.3 is 0 Å². The molecule has 0 aromatic heterocycles. The predicted molar refractivity (Wildman–Crippen MR) is 152 cm³/mol. The number of hydrogen-bond acceptors (Lipinski definition) is 4. The largest absolute Gasteiger partial charge is 0.355 e. The summed E-state index contributed by atoms with van der Waals surface area (Å²) in [5, 5.41) is 3.29. The number of likely N-dealkylation sites (N-methyl/N-ethyl adjacent to an activating group) is 1. The normalized spacial score (nSPS) is 12.0. The van der Waals surface area contributed by atoms with Gasteiger partial charge in [-0.05, 0) is 49.2 Å². The van der Waals surface area contributed by atoms with Gasteiger partial charge in [0.25, 0.3) is 10.0 Å². The van der Waals surface area contributed by atoms with Crippen LogP contribution in [0, 0.1) is 0 Å². The molecule has 0 spiro atoms. The SMILES string of the molecule is CCNC(=O)[C@H](CC)N(Cc1ccccc1Cl)C(=O)CN(c1cccc(Cl)c1Cl)S(=O)(=O)c1ccccc1. The van der Waals surface area contributed by atoms with Crippen LogP contribution in [0.2, 0.25) is 15.1 Å². The second kappa shape index (κ2) is 13.3. The number of nitrogens with zero attached hydrogens (tertiary/aromatic N) is 2. The number of sulfonamides is 1. The van der Waals surface area contributed by atoms with Crippen molar-refractivity contribution >= 4 is 62.3 Å². The van der Waals surface area contributed by atoms with Crippen molar-refractivity contribution in [1.82, 2.24) is 10.2 Å². The minimum atomic E-state index is -4.25. The lowest BCUT2D eigenvalue weighted by Gasteiger charge is -2.33. The Bertz CT molecular complexity index is 1390. The van der Waals surface area contributed by atoms with E-state index in [0.717, 1.165) is 4.31 Å². The molecule has 0 aliphatic carbocycles. The number of carbonyl (C=O) groups excluding carboxylic acids is 2. The maximum absolute atomic E-state index is 13.9. The molecule has 0 unspecified atom stereocenters. The summed E-state index contributed by atoms with van der Waals surface area (Å²) < 4.78 is 28.5. The highest BCUT2D eigenvalue weighted by Crippen LogP contribution is 2.35. The van der Waals surface area contributed by atoms with E-state index in [-0.39, 0.29) is 33.1 Å². The van der Waals surface area contributed by atoms with E-state index in [1.165, 1.54) is 29.2 Å². The molecule has 0 heterocycles. The highest BCUT2D eigenvalue weighted by atomic mass is 35.5. The molecule has 0 saturated carbocycles. The lowest BCUT2D eigenvalue weighted by molar-refractivity contribution is -0.140. The Morgan fingerprint density at radius 3 is 2.13 bits per heavy atom. The molecule has 11 heteroatoms. The molecule has 0 bridgehead atoms. The number of hydrogen-bond donors (Lipinski definition) is 1. The average molecular weight is 597 g/mol. The van der Waals surface area contributed by atoms with E-state index in [9.17, 15) is 18.0 Å². The summed E-state index contributed by atoms with van der Waals surface area (Å²) in [6, 6.07) is 18.3. The molecule has 3 aromatic rings. The molecule has 3 aromatic carbocycles. The Kier molecular flexibility index (Phi) is 10.4. The van der Waals surface area contributed by atoms with E-state index in [2.05, 4.69) is 5.32 Å². The monoisotopic (exact) mass is 595 g/mol. The van der Waals surface area contributed by atoms with E-state index >= 15 is 0 Å². The molecule has 202 valence electrons. The van der Waals surface area contributed by atoms with Crippen LogP contribution in [0.4, 0.5) is 5.69 Å². The molecule has 7 nitrogen and oxygen atoms in total. The number of halogens is 3. The summed E-state index contributed by atoms with van der Waals surface area (Å²) in [4.78, 5) is 28.2. The first kappa shape index (κ1) is 29.8. The lowest BCUT2D eigenvalue weighted by Crippen LogP contribution is -2.52. The van der Waals surface area contributed by atoms with Crippen molar-refractivity contribution < 1.29 is 18.0 Å². The molecule has 38 heavy (non-hydrogen) atoms. The third-order valence-electron chi connectivity index (χ3n) is 5.85. The van der Waals surface area contributed by atoms with Gasteiger partial charge in [-0.25, -0.2) is 8.42 Å². The average Bonchev–Trinajstić information content (AvgIpc) is 2.90. The van der Waals surface area contributed by atoms with Crippen molar-refractivity contribution in [3.8, 4) is 0 Å². The second-order valence-electron chi connectivity index (χ2n) is 8.33. The van der Waals surface area contributed by atoms with Gasteiger partial charge in [-0.1, -0.05) is 84.2 Å². The number of nitrogens with one attached hydrogen (secondary N) is 1. The van der Waals surface area contributed by atoms with Crippen LogP contribution in [0.5, 0.6) is 0 Å². The fraction of sp³-hybridized carbons (Fsp3) is 0.259. The zero-order valence-corrected chi connectivity index (χ0v) is 24.0. The van der Waals surface area contributed by atoms with E-state index in [4.69, 9.17) is 34.8 Å². The highest BCUT2D eigenvalue weighted by molar-refractivity contribution is 7.92. The molecule has 0 aliphatic heterocycles. The Hall–Kier alpha value is -2.78. The quantitative estimate of drug-likeness (QED) is 0.304. The summed E-state index contributed by atoms with van der Waals surface area (Å²) >= 11 is 19.0. The molecule has 0 saturated heterocycles. The summed E-state index contributed by atoms with van der Waals surface area (Å²) in [5.41, 5.74) is 0.656. The molecular weight excluding hydrogens is 569 g/mol. The Morgan fingerprint density at radius 1 is 0.868 bits per heavy atom. The van der Waals surface area contributed by atoms with Crippen molar-refractivity contribution in [2.45, 2.75) is 37.8 Å². The molecule has 3 rings (SSSR count). The van der Waals surface area contributed by atoms with Crippen molar-refractivity contribution in [1.29, 1.82) is 0 Å². The fourth-order valence-corrected chi connectivity index (χ4v) is 6.03. The van der Waals surface area contributed by atoms with E-state index in [1.807, 2.05) is 0 Å². The van der Waals surface area contributed by atoms with Gasteiger partial charge in [0.2, 0.25) is 11.8 Å². The number of amides is 2. The van der Waals surface area contributed by atoms with E-state index in [1.54, 1.807) is 62.4 Å². The molecule has 1 N–H and O–H groups in total. The van der Waals surface area contributed by atoms with Gasteiger partial charge in [0.1, 0.15) is 12.6 Å². The first-order valence-electron chi connectivity index (χ1n) is 11.9. The molecule has 2 amide bonds. The topological polar surface area (TPSA) is 86.8 Å². The van der Waals surface area contributed by atoms with Crippen LogP contribution < -0.4 is 9.62 Å². The predicted octanol–water partition coefficient (Wildman–Crippen LogP) is 5.79. The molecular formula is C27H28Cl3N3O4S. The van der Waals surface area contributed by atoms with Gasteiger partial charge in [0, 0.05) is 18.1 Å². The summed E-state index contributed by atoms with van der Waals surface area (Å²) in [6.07, 6.45) is 0.297. The van der Waals surface area contributed by atoms with Crippen LogP contribution in [0.15, 0.2) is 77.7 Å². The number of carbonyl (C=O) groups is 2. The van der Waals surface area contributed by atoms with Crippen LogP contribution in [0.25, 0.3) is 0 Å². The van der Waals surface area contributed by atoms with Crippen molar-refractivity contribution in [3.05, 3.63) is 93.4 Å². The molecule has 0 fully saturated rings. The van der Waals surface area contributed by atoms with E-state index < -0.39 is 28.5 Å². The zero-order valence-electron chi connectivity index (χ0n) is 20.9. The van der Waals surface area contributed by atoms with Gasteiger partial charge in [0.15, 0.2) is 0 Å². The van der Waals surface area contributed by atoms with Gasteiger partial charge in [-0.2, -0.15) is 0 Å².